The molecule has 0 atom stereocenters. The summed E-state index contributed by atoms with van der Waals surface area (Å²) < 4.78 is 0. The summed E-state index contributed by atoms with van der Waals surface area (Å²) in [5, 5.41) is 0. The normalized spacial score (nSPS) is 24.0. The highest BCUT2D eigenvalue weighted by Gasteiger charge is 2.51. The number of carbonyl (C=O) groups excluding carboxylic acids is 1. The van der Waals surface area contributed by atoms with E-state index in [1.807, 2.05) is 0 Å². The van der Waals surface area contributed by atoms with Gasteiger partial charge in [-0.05, 0) is 44.5 Å². The molecule has 3 aliphatic rings. The van der Waals surface area contributed by atoms with E-state index in [0.29, 0.717) is 5.91 Å². The summed E-state index contributed by atoms with van der Waals surface area (Å²) in [6.45, 7) is 6.61. The van der Waals surface area contributed by atoms with Gasteiger partial charge >= 0.3 is 0 Å². The summed E-state index contributed by atoms with van der Waals surface area (Å²) >= 11 is 0. The molecule has 0 unspecified atom stereocenters. The van der Waals surface area contributed by atoms with E-state index in [1.54, 1.807) is 0 Å². The molecule has 1 saturated carbocycles. The molecule has 24 heavy (non-hydrogen) atoms. The van der Waals surface area contributed by atoms with E-state index in [-0.39, 0.29) is 5.41 Å². The highest BCUT2D eigenvalue weighted by atomic mass is 16.2. The van der Waals surface area contributed by atoms with Gasteiger partial charge in [0, 0.05) is 38.4 Å². The lowest BCUT2D eigenvalue weighted by Crippen LogP contribution is -2.45. The van der Waals surface area contributed by atoms with E-state index in [0.717, 1.165) is 58.5 Å². The fourth-order valence-corrected chi connectivity index (χ4v) is 4.80. The number of carbonyl (C=O) groups is 1. The lowest BCUT2D eigenvalue weighted by molar-refractivity contribution is -0.123. The number of piperazine rings is 1. The SMILES string of the molecule is CN1CCN(CCCN2C(=O)C3(CCCC3)c3ccccc32)CC1. The first-order valence-corrected chi connectivity index (χ1v) is 9.53. The van der Waals surface area contributed by atoms with E-state index in [4.69, 9.17) is 0 Å². The Hall–Kier alpha value is -1.39. The molecule has 1 saturated heterocycles. The van der Waals surface area contributed by atoms with Gasteiger partial charge in [0.25, 0.3) is 0 Å². The lowest BCUT2D eigenvalue weighted by Gasteiger charge is -2.32. The molecule has 1 aliphatic carbocycles. The van der Waals surface area contributed by atoms with Gasteiger partial charge in [-0.15, -0.1) is 0 Å². The van der Waals surface area contributed by atoms with E-state index in [1.165, 1.54) is 24.1 Å². The highest BCUT2D eigenvalue weighted by molar-refractivity contribution is 6.08. The summed E-state index contributed by atoms with van der Waals surface area (Å²) in [4.78, 5) is 20.2. The standard InChI is InChI=1S/C20H29N3O/c1-21-13-15-22(16-14-21)11-6-12-23-18-8-3-2-7-17(18)20(19(23)24)9-4-5-10-20/h2-3,7-8H,4-6,9-16H2,1H3. The minimum atomic E-state index is -0.190. The summed E-state index contributed by atoms with van der Waals surface area (Å²) in [6.07, 6.45) is 5.53. The fraction of sp³-hybridized carbons (Fsp3) is 0.650. The van der Waals surface area contributed by atoms with Crippen molar-refractivity contribution in [2.75, 3.05) is 51.2 Å². The molecule has 1 amide bonds. The molecule has 0 aromatic heterocycles. The largest absolute Gasteiger partial charge is 0.311 e. The van der Waals surface area contributed by atoms with Gasteiger partial charge in [-0.2, -0.15) is 0 Å². The molecule has 130 valence electrons. The number of hydrogen-bond acceptors (Lipinski definition) is 3. The zero-order valence-electron chi connectivity index (χ0n) is 14.8. The van der Waals surface area contributed by atoms with Crippen LogP contribution < -0.4 is 4.90 Å². The number of para-hydroxylation sites is 1. The fourth-order valence-electron chi connectivity index (χ4n) is 4.80. The smallest absolute Gasteiger partial charge is 0.237 e. The molecule has 4 nitrogen and oxygen atoms in total. The van der Waals surface area contributed by atoms with E-state index < -0.39 is 0 Å². The van der Waals surface area contributed by atoms with Crippen molar-refractivity contribution in [3.63, 3.8) is 0 Å². The monoisotopic (exact) mass is 327 g/mol. The molecule has 0 radical (unpaired) electrons. The van der Waals surface area contributed by atoms with Crippen molar-refractivity contribution >= 4 is 11.6 Å². The van der Waals surface area contributed by atoms with Gasteiger partial charge in [0.15, 0.2) is 0 Å². The Morgan fingerprint density at radius 3 is 2.46 bits per heavy atom. The van der Waals surface area contributed by atoms with Crippen LogP contribution in [0.2, 0.25) is 0 Å². The van der Waals surface area contributed by atoms with Crippen molar-refractivity contribution in [2.24, 2.45) is 0 Å². The summed E-state index contributed by atoms with van der Waals surface area (Å²) in [5.41, 5.74) is 2.29. The maximum atomic E-state index is 13.2. The molecule has 2 heterocycles. The average molecular weight is 327 g/mol. The van der Waals surface area contributed by atoms with Crippen LogP contribution in [0.25, 0.3) is 0 Å². The minimum Gasteiger partial charge on any atom is -0.311 e. The molecule has 1 aromatic carbocycles. The topological polar surface area (TPSA) is 26.8 Å². The molecule has 2 fully saturated rings. The van der Waals surface area contributed by atoms with Gasteiger partial charge in [0.05, 0.1) is 5.41 Å². The van der Waals surface area contributed by atoms with Crippen LogP contribution in [-0.2, 0) is 10.2 Å². The van der Waals surface area contributed by atoms with Gasteiger partial charge in [-0.1, -0.05) is 31.0 Å². The van der Waals surface area contributed by atoms with Crippen molar-refractivity contribution in [3.05, 3.63) is 29.8 Å². The van der Waals surface area contributed by atoms with E-state index >= 15 is 0 Å². The van der Waals surface area contributed by atoms with Gasteiger partial charge in [0.2, 0.25) is 5.91 Å². The van der Waals surface area contributed by atoms with Gasteiger partial charge < -0.3 is 14.7 Å². The summed E-state index contributed by atoms with van der Waals surface area (Å²) in [7, 11) is 2.19. The van der Waals surface area contributed by atoms with Crippen LogP contribution in [0, 0.1) is 0 Å². The molecule has 0 N–H and O–H groups in total. The van der Waals surface area contributed by atoms with E-state index in [9.17, 15) is 4.79 Å². The summed E-state index contributed by atoms with van der Waals surface area (Å²) in [5.74, 6) is 0.375. The van der Waals surface area contributed by atoms with Crippen molar-refractivity contribution in [1.82, 2.24) is 9.80 Å². The van der Waals surface area contributed by atoms with Crippen LogP contribution in [0.3, 0.4) is 0 Å². The second kappa shape index (κ2) is 6.49. The third-order valence-corrected chi connectivity index (χ3v) is 6.27. The Kier molecular flexibility index (Phi) is 4.35. The molecular formula is C20H29N3O. The highest BCUT2D eigenvalue weighted by Crippen LogP contribution is 2.51. The van der Waals surface area contributed by atoms with Gasteiger partial charge in [-0.25, -0.2) is 0 Å². The number of amides is 1. The zero-order valence-corrected chi connectivity index (χ0v) is 14.8. The summed E-state index contributed by atoms with van der Waals surface area (Å²) in [6, 6.07) is 8.52. The Labute approximate surface area is 145 Å². The predicted octanol–water partition coefficient (Wildman–Crippen LogP) is 2.48. The minimum absolute atomic E-state index is 0.190. The average Bonchev–Trinajstić information content (AvgIpc) is 3.18. The second-order valence-electron chi connectivity index (χ2n) is 7.76. The molecule has 4 rings (SSSR count). The number of rotatable bonds is 4. The zero-order chi connectivity index (χ0) is 16.6. The quantitative estimate of drug-likeness (QED) is 0.850. The molecule has 1 aromatic rings. The molecule has 2 aliphatic heterocycles. The van der Waals surface area contributed by atoms with Gasteiger partial charge in [-0.3, -0.25) is 4.79 Å². The van der Waals surface area contributed by atoms with E-state index in [2.05, 4.69) is 46.0 Å². The Bertz CT molecular complexity index is 601. The molecule has 0 bridgehead atoms. The first-order chi connectivity index (χ1) is 11.7. The second-order valence-corrected chi connectivity index (χ2v) is 7.76. The predicted molar refractivity (Wildman–Crippen MR) is 97.5 cm³/mol. The molecule has 1 spiro atoms. The molecular weight excluding hydrogens is 298 g/mol. The Balaban J connectivity index is 1.43. The number of anilines is 1. The van der Waals surface area contributed by atoms with Crippen molar-refractivity contribution in [1.29, 1.82) is 0 Å². The van der Waals surface area contributed by atoms with Crippen LogP contribution in [-0.4, -0.2) is 62.0 Å². The number of fused-ring (bicyclic) bond motifs is 2. The number of benzene rings is 1. The lowest BCUT2D eigenvalue weighted by atomic mass is 9.80. The third-order valence-electron chi connectivity index (χ3n) is 6.27. The van der Waals surface area contributed by atoms with Crippen molar-refractivity contribution in [3.8, 4) is 0 Å². The van der Waals surface area contributed by atoms with Crippen LogP contribution >= 0.6 is 0 Å². The van der Waals surface area contributed by atoms with Crippen LogP contribution in [0.4, 0.5) is 5.69 Å². The molecule has 4 heteroatoms. The van der Waals surface area contributed by atoms with Crippen LogP contribution in [0.1, 0.15) is 37.7 Å². The first kappa shape index (κ1) is 16.1. The van der Waals surface area contributed by atoms with Crippen LogP contribution in [0.15, 0.2) is 24.3 Å². The van der Waals surface area contributed by atoms with Crippen molar-refractivity contribution in [2.45, 2.75) is 37.5 Å². The van der Waals surface area contributed by atoms with Gasteiger partial charge in [0.1, 0.15) is 0 Å². The number of nitrogens with zero attached hydrogens (tertiary/aromatic N) is 3. The van der Waals surface area contributed by atoms with Crippen molar-refractivity contribution < 1.29 is 4.79 Å². The Morgan fingerprint density at radius 2 is 1.71 bits per heavy atom. The number of hydrogen-bond donors (Lipinski definition) is 0. The number of likely N-dealkylation sites (N-methyl/N-ethyl adjacent to an activating group) is 1. The first-order valence-electron chi connectivity index (χ1n) is 9.53. The maximum Gasteiger partial charge on any atom is 0.237 e. The Morgan fingerprint density at radius 1 is 1.00 bits per heavy atom. The van der Waals surface area contributed by atoms with Crippen LogP contribution in [0.5, 0.6) is 0 Å². The maximum absolute atomic E-state index is 13.2. The third kappa shape index (κ3) is 2.66.